The summed E-state index contributed by atoms with van der Waals surface area (Å²) in [6.45, 7) is 0. The van der Waals surface area contributed by atoms with Crippen LogP contribution in [0.25, 0.3) is 82.4 Å². The van der Waals surface area contributed by atoms with E-state index in [9.17, 15) is 0 Å². The fraction of sp³-hybridized carbons (Fsp3) is 0. The fourth-order valence-corrected chi connectivity index (χ4v) is 8.41. The molecule has 0 unspecified atom stereocenters. The maximum atomic E-state index is 2.40. The maximum Gasteiger partial charge on any atom is 0.0541 e. The van der Waals surface area contributed by atoms with Gasteiger partial charge in [-0.25, -0.2) is 0 Å². The highest BCUT2D eigenvalue weighted by Crippen LogP contribution is 2.51. The lowest BCUT2D eigenvalue weighted by atomic mass is 9.78. The quantitative estimate of drug-likeness (QED) is 0.178. The third-order valence-corrected chi connectivity index (χ3v) is 10.8. The molecule has 2 heteroatoms. The van der Waals surface area contributed by atoms with Crippen LogP contribution in [0, 0.1) is 0 Å². The Labute approximate surface area is 302 Å². The van der Waals surface area contributed by atoms with Crippen LogP contribution in [0.2, 0.25) is 0 Å². The number of benzene rings is 9. The van der Waals surface area contributed by atoms with Crippen molar-refractivity contribution in [2.45, 2.75) is 0 Å². The normalized spacial score (nSPS) is 11.8. The molecule has 1 aliphatic rings. The van der Waals surface area contributed by atoms with Crippen LogP contribution >= 0.6 is 0 Å². The largest absolute Gasteiger partial charge is 0.310 e. The van der Waals surface area contributed by atoms with Crippen LogP contribution in [0.3, 0.4) is 0 Å². The van der Waals surface area contributed by atoms with Gasteiger partial charge in [-0.2, -0.15) is 0 Å². The lowest BCUT2D eigenvalue weighted by Crippen LogP contribution is -2.11. The lowest BCUT2D eigenvalue weighted by Gasteiger charge is -2.29. The van der Waals surface area contributed by atoms with Gasteiger partial charge in [-0.3, -0.25) is 0 Å². The van der Waals surface area contributed by atoms with Crippen molar-refractivity contribution in [2.24, 2.45) is 0 Å². The van der Waals surface area contributed by atoms with Gasteiger partial charge in [-0.05, 0) is 128 Å². The molecule has 9 aromatic carbocycles. The van der Waals surface area contributed by atoms with Gasteiger partial charge in [0.15, 0.2) is 0 Å². The Morgan fingerprint density at radius 3 is 1.52 bits per heavy atom. The molecule has 1 aliphatic carbocycles. The summed E-state index contributed by atoms with van der Waals surface area (Å²) >= 11 is 0. The molecule has 1 heterocycles. The Kier molecular flexibility index (Phi) is 6.28. The van der Waals surface area contributed by atoms with Crippen LogP contribution in [0.5, 0.6) is 0 Å². The maximum absolute atomic E-state index is 2.40. The molecule has 11 rings (SSSR count). The van der Waals surface area contributed by atoms with Gasteiger partial charge in [-0.15, -0.1) is 0 Å². The zero-order valence-electron chi connectivity index (χ0n) is 28.4. The smallest absolute Gasteiger partial charge is 0.0541 e. The predicted molar refractivity (Wildman–Crippen MR) is 220 cm³/mol. The van der Waals surface area contributed by atoms with Crippen LogP contribution in [-0.2, 0) is 0 Å². The molecular weight excluding hydrogens is 629 g/mol. The molecule has 10 aromatic rings. The highest BCUT2D eigenvalue weighted by atomic mass is 15.1. The molecule has 0 spiro atoms. The van der Waals surface area contributed by atoms with E-state index in [0.29, 0.717) is 0 Å². The molecule has 0 fully saturated rings. The minimum atomic E-state index is 1.13. The molecule has 0 saturated carbocycles. The molecule has 0 radical (unpaired) electrons. The minimum absolute atomic E-state index is 1.13. The summed E-state index contributed by atoms with van der Waals surface area (Å²) in [7, 11) is 0. The van der Waals surface area contributed by atoms with Gasteiger partial charge < -0.3 is 9.47 Å². The summed E-state index contributed by atoms with van der Waals surface area (Å²) in [6.07, 6.45) is 0. The topological polar surface area (TPSA) is 8.17 Å². The zero-order valence-corrected chi connectivity index (χ0v) is 28.4. The van der Waals surface area contributed by atoms with Crippen molar-refractivity contribution in [1.82, 2.24) is 4.57 Å². The highest BCUT2D eigenvalue weighted by Gasteiger charge is 2.25. The number of nitrogens with zero attached hydrogens (tertiary/aromatic N) is 2. The molecule has 0 saturated heterocycles. The first-order chi connectivity index (χ1) is 25.8. The summed E-state index contributed by atoms with van der Waals surface area (Å²) in [5.41, 5.74) is 14.8. The summed E-state index contributed by atoms with van der Waals surface area (Å²) in [6, 6.07) is 70.9. The first-order valence-electron chi connectivity index (χ1n) is 17.9. The van der Waals surface area contributed by atoms with Crippen LogP contribution < -0.4 is 4.90 Å². The number of fused-ring (bicyclic) bond motifs is 9. The van der Waals surface area contributed by atoms with E-state index < -0.39 is 0 Å². The van der Waals surface area contributed by atoms with Crippen LogP contribution in [0.1, 0.15) is 0 Å². The average Bonchev–Trinajstić information content (AvgIpc) is 3.55. The second kappa shape index (κ2) is 11.3. The van der Waals surface area contributed by atoms with Gasteiger partial charge in [0.05, 0.1) is 16.7 Å². The third-order valence-electron chi connectivity index (χ3n) is 10.8. The monoisotopic (exact) mass is 660 g/mol. The zero-order chi connectivity index (χ0) is 34.2. The van der Waals surface area contributed by atoms with Crippen LogP contribution in [0.4, 0.5) is 17.1 Å². The number of hydrogen-bond acceptors (Lipinski definition) is 1. The fourth-order valence-electron chi connectivity index (χ4n) is 8.41. The minimum Gasteiger partial charge on any atom is -0.310 e. The van der Waals surface area contributed by atoms with E-state index in [-0.39, 0.29) is 0 Å². The first-order valence-corrected chi connectivity index (χ1v) is 17.9. The van der Waals surface area contributed by atoms with Crippen molar-refractivity contribution in [3.8, 4) is 39.1 Å². The van der Waals surface area contributed by atoms with Gasteiger partial charge in [0, 0.05) is 33.4 Å². The predicted octanol–water partition coefficient (Wildman–Crippen LogP) is 13.9. The second-order valence-electron chi connectivity index (χ2n) is 13.8. The van der Waals surface area contributed by atoms with Crippen molar-refractivity contribution in [1.29, 1.82) is 0 Å². The van der Waals surface area contributed by atoms with Gasteiger partial charge in [0.2, 0.25) is 0 Å². The van der Waals surface area contributed by atoms with E-state index in [0.717, 1.165) is 17.1 Å². The average molecular weight is 661 g/mol. The second-order valence-corrected chi connectivity index (χ2v) is 13.8. The summed E-state index contributed by atoms with van der Waals surface area (Å²) in [5.74, 6) is 0. The summed E-state index contributed by atoms with van der Waals surface area (Å²) in [4.78, 5) is 2.39. The van der Waals surface area contributed by atoms with Crippen molar-refractivity contribution in [2.75, 3.05) is 4.90 Å². The van der Waals surface area contributed by atoms with Crippen LogP contribution in [0.15, 0.2) is 194 Å². The van der Waals surface area contributed by atoms with Crippen molar-refractivity contribution >= 4 is 60.4 Å². The molecule has 1 aromatic heterocycles. The number of anilines is 3. The Bertz CT molecular complexity index is 2960. The Morgan fingerprint density at radius 1 is 0.327 bits per heavy atom. The first kappa shape index (κ1) is 28.9. The standard InChI is InChI=1S/C50H32N2/c1-3-13-33(14-4-1)41-17-7-10-20-48(41)51(38-15-5-2-6-16-38)39-25-23-34-29-44-46(31-36(34)27-39)45-30-35-24-26-40(28-37(35)32-47(44)45)52-49-21-11-8-18-42(49)43-19-9-12-22-50(43)52/h1-32H. The molecule has 0 bridgehead atoms. The van der Waals surface area contributed by atoms with Gasteiger partial charge in [0.1, 0.15) is 0 Å². The molecule has 0 atom stereocenters. The molecular formula is C50H32N2. The van der Waals surface area contributed by atoms with Crippen molar-refractivity contribution in [3.05, 3.63) is 194 Å². The van der Waals surface area contributed by atoms with E-state index in [4.69, 9.17) is 0 Å². The number of aromatic nitrogens is 1. The van der Waals surface area contributed by atoms with Crippen molar-refractivity contribution < 1.29 is 0 Å². The molecule has 0 N–H and O–H groups in total. The SMILES string of the molecule is c1ccc(-c2ccccc2N(c2ccccc2)c2ccc3cc4c(cc3c2)-c2cc3ccc(-n5c6ccccc6c6ccccc65)cc3cc2-4)cc1. The van der Waals surface area contributed by atoms with E-state index >= 15 is 0 Å². The number of para-hydroxylation sites is 4. The summed E-state index contributed by atoms with van der Waals surface area (Å²) < 4.78 is 2.40. The Morgan fingerprint density at radius 2 is 0.846 bits per heavy atom. The summed E-state index contributed by atoms with van der Waals surface area (Å²) in [5, 5.41) is 7.57. The highest BCUT2D eigenvalue weighted by molar-refractivity contribution is 6.13. The molecule has 0 aliphatic heterocycles. The van der Waals surface area contributed by atoms with Gasteiger partial charge in [-0.1, -0.05) is 115 Å². The van der Waals surface area contributed by atoms with Crippen LogP contribution in [-0.4, -0.2) is 4.57 Å². The molecule has 242 valence electrons. The van der Waals surface area contributed by atoms with Gasteiger partial charge >= 0.3 is 0 Å². The molecule has 2 nitrogen and oxygen atoms in total. The Hall–Kier alpha value is -6.90. The third kappa shape index (κ3) is 4.38. The molecule has 0 amide bonds. The van der Waals surface area contributed by atoms with E-state index in [1.807, 2.05) is 0 Å². The van der Waals surface area contributed by atoms with Crippen molar-refractivity contribution in [3.63, 3.8) is 0 Å². The molecule has 52 heavy (non-hydrogen) atoms. The van der Waals surface area contributed by atoms with E-state index in [1.165, 1.54) is 82.4 Å². The number of hydrogen-bond donors (Lipinski definition) is 0. The van der Waals surface area contributed by atoms with Gasteiger partial charge in [0.25, 0.3) is 0 Å². The van der Waals surface area contributed by atoms with E-state index in [2.05, 4.69) is 204 Å². The number of rotatable bonds is 5. The lowest BCUT2D eigenvalue weighted by molar-refractivity contribution is 1.19. The van der Waals surface area contributed by atoms with E-state index in [1.54, 1.807) is 0 Å². The Balaban J connectivity index is 1.01.